The summed E-state index contributed by atoms with van der Waals surface area (Å²) in [6, 6.07) is 8.20. The van der Waals surface area contributed by atoms with Crippen molar-refractivity contribution < 1.29 is 23.8 Å². The zero-order chi connectivity index (χ0) is 25.4. The molecule has 2 N–H and O–H groups in total. The average Bonchev–Trinajstić information content (AvgIpc) is 2.84. The van der Waals surface area contributed by atoms with E-state index < -0.39 is 12.4 Å². The molecule has 0 saturated heterocycles. The van der Waals surface area contributed by atoms with Crippen LogP contribution in [0.1, 0.15) is 26.7 Å². The molecule has 0 aliphatic heterocycles. The summed E-state index contributed by atoms with van der Waals surface area (Å²) >= 11 is 5.91. The van der Waals surface area contributed by atoms with Crippen LogP contribution in [0.2, 0.25) is 5.02 Å². The molecule has 3 aromatic rings. The van der Waals surface area contributed by atoms with Gasteiger partial charge >= 0.3 is 0 Å². The average molecular weight is 505 g/mol. The summed E-state index contributed by atoms with van der Waals surface area (Å²) in [6.45, 7) is 5.53. The highest BCUT2D eigenvalue weighted by atomic mass is 35.5. The fraction of sp³-hybridized carbons (Fsp3) is 0.400. The van der Waals surface area contributed by atoms with Gasteiger partial charge in [-0.15, -0.1) is 0 Å². The number of fused-ring (bicyclic) bond motifs is 1. The maximum Gasteiger partial charge on any atom is 0.162 e. The first kappa shape index (κ1) is 26.6. The van der Waals surface area contributed by atoms with Gasteiger partial charge in [0.2, 0.25) is 0 Å². The van der Waals surface area contributed by atoms with Crippen LogP contribution in [0.25, 0.3) is 10.9 Å². The summed E-state index contributed by atoms with van der Waals surface area (Å²) in [5.41, 5.74) is 1.24. The number of nitrogens with one attached hydrogen (secondary N) is 1. The normalized spacial score (nSPS) is 11.3. The molecule has 0 radical (unpaired) electrons. The van der Waals surface area contributed by atoms with Crippen molar-refractivity contribution in [3.63, 3.8) is 0 Å². The maximum absolute atomic E-state index is 13.5. The number of carbonyl (C=O) groups is 1. The number of halogens is 2. The van der Waals surface area contributed by atoms with Crippen LogP contribution in [-0.4, -0.2) is 65.2 Å². The maximum atomic E-state index is 13.5. The van der Waals surface area contributed by atoms with Crippen molar-refractivity contribution in [2.24, 2.45) is 0 Å². The molecule has 0 bridgehead atoms. The molecule has 0 spiro atoms. The Morgan fingerprint density at radius 3 is 2.69 bits per heavy atom. The molecule has 8 nitrogen and oxygen atoms in total. The number of hydrogen-bond donors (Lipinski definition) is 2. The van der Waals surface area contributed by atoms with Crippen molar-refractivity contribution in [2.45, 2.75) is 32.7 Å². The molecule has 35 heavy (non-hydrogen) atoms. The number of hydrogen-bond acceptors (Lipinski definition) is 8. The van der Waals surface area contributed by atoms with Gasteiger partial charge in [-0.2, -0.15) is 0 Å². The fourth-order valence-corrected chi connectivity index (χ4v) is 3.79. The van der Waals surface area contributed by atoms with E-state index in [1.807, 2.05) is 0 Å². The lowest BCUT2D eigenvalue weighted by Gasteiger charge is -2.26. The molecule has 10 heteroatoms. The van der Waals surface area contributed by atoms with Gasteiger partial charge in [0.25, 0.3) is 0 Å². The molecule has 0 aliphatic carbocycles. The number of ketones is 1. The molecule has 1 aromatic heterocycles. The van der Waals surface area contributed by atoms with Gasteiger partial charge in [0.1, 0.15) is 31.2 Å². The largest absolute Gasteiger partial charge is 0.493 e. The lowest BCUT2D eigenvalue weighted by molar-refractivity contribution is -0.121. The predicted octanol–water partition coefficient (Wildman–Crippen LogP) is 4.61. The molecule has 0 fully saturated rings. The Morgan fingerprint density at radius 2 is 2.00 bits per heavy atom. The molecular weight excluding hydrogens is 475 g/mol. The van der Waals surface area contributed by atoms with Gasteiger partial charge in [0, 0.05) is 36.1 Å². The molecule has 0 atom stereocenters. The Morgan fingerprint density at radius 1 is 1.20 bits per heavy atom. The molecule has 188 valence electrons. The number of aliphatic hydroxyl groups excluding tert-OH is 1. The smallest absolute Gasteiger partial charge is 0.162 e. The lowest BCUT2D eigenvalue weighted by atomic mass is 10.2. The Bertz CT molecular complexity index is 1160. The second-order valence-electron chi connectivity index (χ2n) is 8.27. The van der Waals surface area contributed by atoms with Crippen molar-refractivity contribution in [1.29, 1.82) is 0 Å². The van der Waals surface area contributed by atoms with Crippen LogP contribution in [0.4, 0.5) is 15.9 Å². The number of ether oxygens (including phenoxy) is 2. The number of benzene rings is 2. The summed E-state index contributed by atoms with van der Waals surface area (Å²) in [6.07, 6.45) is 2.46. The predicted molar refractivity (Wildman–Crippen MR) is 134 cm³/mol. The van der Waals surface area contributed by atoms with E-state index in [0.717, 1.165) is 6.54 Å². The van der Waals surface area contributed by atoms with E-state index in [1.165, 1.54) is 18.5 Å². The van der Waals surface area contributed by atoms with E-state index in [2.05, 4.69) is 34.0 Å². The number of rotatable bonds is 13. The minimum absolute atomic E-state index is 0.00878. The van der Waals surface area contributed by atoms with E-state index >= 15 is 0 Å². The second-order valence-corrected chi connectivity index (χ2v) is 8.68. The number of nitrogens with zero attached hydrogens (tertiary/aromatic N) is 3. The SMILES string of the molecule is COc1cc2ncnc(Nc3ccc(F)c(Cl)c3)c2cc1OCCN(CCCC(=O)CO)C(C)C. The van der Waals surface area contributed by atoms with Crippen molar-refractivity contribution in [3.05, 3.63) is 47.5 Å². The highest BCUT2D eigenvalue weighted by Crippen LogP contribution is 2.35. The Labute approximate surface area is 209 Å². The molecule has 0 amide bonds. The van der Waals surface area contributed by atoms with Crippen LogP contribution in [0.15, 0.2) is 36.7 Å². The summed E-state index contributed by atoms with van der Waals surface area (Å²) in [5.74, 6) is 0.939. The number of aromatic nitrogens is 2. The molecule has 0 aliphatic rings. The molecule has 0 unspecified atom stereocenters. The lowest BCUT2D eigenvalue weighted by Crippen LogP contribution is -2.35. The van der Waals surface area contributed by atoms with Gasteiger partial charge in [-0.1, -0.05) is 11.6 Å². The van der Waals surface area contributed by atoms with Gasteiger partial charge in [-0.3, -0.25) is 9.69 Å². The molecule has 0 saturated carbocycles. The van der Waals surface area contributed by atoms with E-state index in [4.69, 9.17) is 26.2 Å². The number of anilines is 2. The van der Waals surface area contributed by atoms with E-state index in [-0.39, 0.29) is 16.8 Å². The monoisotopic (exact) mass is 504 g/mol. The number of Topliss-reactive ketones (excluding diaryl/α,β-unsaturated/α-hetero) is 1. The minimum Gasteiger partial charge on any atom is -0.493 e. The fourth-order valence-electron chi connectivity index (χ4n) is 3.61. The standard InChI is InChI=1S/C25H30ClFN4O4/c1-16(2)31(8-4-5-18(33)14-32)9-10-35-24-12-19-22(13-23(24)34-3)28-15-29-25(19)30-17-6-7-21(27)20(26)11-17/h6-7,11-13,15-16,32H,4-5,8-10,14H2,1-3H3,(H,28,29,30). The first-order chi connectivity index (χ1) is 16.8. The number of carbonyl (C=O) groups excluding carboxylic acids is 1. The summed E-state index contributed by atoms with van der Waals surface area (Å²) in [7, 11) is 1.56. The molecule has 3 rings (SSSR count). The third-order valence-corrected chi connectivity index (χ3v) is 5.84. The summed E-state index contributed by atoms with van der Waals surface area (Å²) in [5, 5.41) is 12.8. The quantitative estimate of drug-likeness (QED) is 0.348. The van der Waals surface area contributed by atoms with Crippen molar-refractivity contribution in [3.8, 4) is 11.5 Å². The Kier molecular flexibility index (Phi) is 9.59. The van der Waals surface area contributed by atoms with Crippen LogP contribution >= 0.6 is 11.6 Å². The zero-order valence-corrected chi connectivity index (χ0v) is 20.8. The van der Waals surface area contributed by atoms with Gasteiger partial charge in [-0.25, -0.2) is 14.4 Å². The van der Waals surface area contributed by atoms with Crippen LogP contribution in [-0.2, 0) is 4.79 Å². The third-order valence-electron chi connectivity index (χ3n) is 5.55. The van der Waals surface area contributed by atoms with Crippen LogP contribution in [0, 0.1) is 5.82 Å². The van der Waals surface area contributed by atoms with Gasteiger partial charge in [-0.05, 0) is 51.1 Å². The van der Waals surface area contributed by atoms with E-state index in [1.54, 1.807) is 25.3 Å². The third kappa shape index (κ3) is 7.24. The second kappa shape index (κ2) is 12.6. The van der Waals surface area contributed by atoms with E-state index in [9.17, 15) is 9.18 Å². The Balaban J connectivity index is 1.75. The topological polar surface area (TPSA) is 96.8 Å². The summed E-state index contributed by atoms with van der Waals surface area (Å²) < 4.78 is 25.1. The number of aliphatic hydroxyl groups is 1. The van der Waals surface area contributed by atoms with Gasteiger partial charge in [0.05, 0.1) is 17.6 Å². The highest BCUT2D eigenvalue weighted by molar-refractivity contribution is 6.31. The zero-order valence-electron chi connectivity index (χ0n) is 20.1. The van der Waals surface area contributed by atoms with Gasteiger partial charge in [0.15, 0.2) is 17.3 Å². The van der Waals surface area contributed by atoms with Crippen molar-refractivity contribution in [1.82, 2.24) is 14.9 Å². The van der Waals surface area contributed by atoms with E-state index in [0.29, 0.717) is 59.9 Å². The molecule has 2 aromatic carbocycles. The Hall–Kier alpha value is -3.01. The summed E-state index contributed by atoms with van der Waals surface area (Å²) in [4.78, 5) is 22.2. The molecular formula is C25H30ClFN4O4. The first-order valence-electron chi connectivity index (χ1n) is 11.4. The van der Waals surface area contributed by atoms with Crippen molar-refractivity contribution >= 4 is 39.8 Å². The number of methoxy groups -OCH3 is 1. The van der Waals surface area contributed by atoms with Crippen molar-refractivity contribution in [2.75, 3.05) is 38.7 Å². The van der Waals surface area contributed by atoms with Gasteiger partial charge < -0.3 is 19.9 Å². The first-order valence-corrected chi connectivity index (χ1v) is 11.7. The van der Waals surface area contributed by atoms with Crippen LogP contribution < -0.4 is 14.8 Å². The minimum atomic E-state index is -0.499. The molecule has 1 heterocycles. The van der Waals surface area contributed by atoms with Crippen LogP contribution in [0.5, 0.6) is 11.5 Å². The highest BCUT2D eigenvalue weighted by Gasteiger charge is 2.15. The van der Waals surface area contributed by atoms with Crippen LogP contribution in [0.3, 0.4) is 0 Å².